The highest BCUT2D eigenvalue weighted by molar-refractivity contribution is 7.92. The van der Waals surface area contributed by atoms with Crippen molar-refractivity contribution < 1.29 is 21.9 Å². The second-order valence-electron chi connectivity index (χ2n) is 6.70. The van der Waals surface area contributed by atoms with Crippen LogP contribution in [0.2, 0.25) is 0 Å². The highest BCUT2D eigenvalue weighted by Crippen LogP contribution is 2.27. The van der Waals surface area contributed by atoms with E-state index in [9.17, 15) is 17.2 Å². The number of rotatable bonds is 7. The van der Waals surface area contributed by atoms with Crippen molar-refractivity contribution in [2.24, 2.45) is 5.92 Å². The van der Waals surface area contributed by atoms with Crippen LogP contribution in [0.4, 0.5) is 14.5 Å². The minimum atomic E-state index is -3.79. The van der Waals surface area contributed by atoms with E-state index in [0.717, 1.165) is 16.8 Å². The van der Waals surface area contributed by atoms with E-state index in [1.807, 2.05) is 0 Å². The number of nitrogens with one attached hydrogen (secondary N) is 1. The molecule has 0 aliphatic heterocycles. The minimum Gasteiger partial charge on any atom is -0.495 e. The first-order valence-corrected chi connectivity index (χ1v) is 10.3. The van der Waals surface area contributed by atoms with Crippen LogP contribution >= 0.6 is 0 Å². The zero-order chi connectivity index (χ0) is 21.2. The maximum Gasteiger partial charge on any atom is 0.233 e. The molecule has 8 nitrogen and oxygen atoms in total. The maximum atomic E-state index is 14.9. The van der Waals surface area contributed by atoms with E-state index in [-0.39, 0.29) is 17.4 Å². The van der Waals surface area contributed by atoms with E-state index >= 15 is 0 Å². The number of ether oxygens (including phenoxy) is 1. The second kappa shape index (κ2) is 8.11. The summed E-state index contributed by atoms with van der Waals surface area (Å²) in [6.45, 7) is 3.44. The zero-order valence-corrected chi connectivity index (χ0v) is 16.7. The van der Waals surface area contributed by atoms with Crippen LogP contribution in [0.3, 0.4) is 0 Å². The molecular weight excluding hydrogens is 404 g/mol. The Balaban J connectivity index is 1.98. The number of nitrogens with zero attached hydrogens (tertiary/aromatic N) is 4. The highest BCUT2D eigenvalue weighted by Gasteiger charge is 2.21. The number of benzene rings is 1. The third kappa shape index (κ3) is 4.67. The minimum absolute atomic E-state index is 0.162. The van der Waals surface area contributed by atoms with Gasteiger partial charge in [-0.15, -0.1) is 5.10 Å². The largest absolute Gasteiger partial charge is 0.495 e. The Morgan fingerprint density at radius 2 is 2.00 bits per heavy atom. The van der Waals surface area contributed by atoms with Gasteiger partial charge in [0.1, 0.15) is 17.1 Å². The van der Waals surface area contributed by atoms with Crippen LogP contribution in [-0.4, -0.2) is 41.3 Å². The number of sulfonamides is 1. The van der Waals surface area contributed by atoms with Gasteiger partial charge in [0, 0.05) is 11.8 Å². The standard InChI is InChI=1S/C18H19F2N5O3S/c1-11(2)10-29(26,27)23-15-5-4-14(19)18(17(15)20)25-9-16(22-24-25)12-6-13(28-3)8-21-7-12/h4-9,11,23H,10H2,1-3H3. The van der Waals surface area contributed by atoms with Gasteiger partial charge in [0.05, 0.1) is 30.9 Å². The van der Waals surface area contributed by atoms with Gasteiger partial charge in [-0.3, -0.25) is 9.71 Å². The summed E-state index contributed by atoms with van der Waals surface area (Å²) in [5.74, 6) is -1.90. The molecular formula is C18H19F2N5O3S. The molecule has 29 heavy (non-hydrogen) atoms. The molecule has 0 unspecified atom stereocenters. The number of hydrogen-bond acceptors (Lipinski definition) is 6. The predicted molar refractivity (Wildman–Crippen MR) is 103 cm³/mol. The van der Waals surface area contributed by atoms with Crippen molar-refractivity contribution in [3.63, 3.8) is 0 Å². The summed E-state index contributed by atoms with van der Waals surface area (Å²) in [4.78, 5) is 4.00. The number of halogens is 2. The summed E-state index contributed by atoms with van der Waals surface area (Å²) in [5, 5.41) is 7.68. The van der Waals surface area contributed by atoms with E-state index in [2.05, 4.69) is 20.0 Å². The first-order valence-electron chi connectivity index (χ1n) is 8.61. The third-order valence-electron chi connectivity index (χ3n) is 3.85. The fourth-order valence-corrected chi connectivity index (χ4v) is 4.11. The van der Waals surface area contributed by atoms with Crippen molar-refractivity contribution in [1.82, 2.24) is 20.0 Å². The Morgan fingerprint density at radius 3 is 2.69 bits per heavy atom. The van der Waals surface area contributed by atoms with E-state index in [1.165, 1.54) is 25.7 Å². The van der Waals surface area contributed by atoms with Crippen LogP contribution in [0.25, 0.3) is 16.9 Å². The molecule has 11 heteroatoms. The van der Waals surface area contributed by atoms with Crippen molar-refractivity contribution >= 4 is 15.7 Å². The fourth-order valence-electron chi connectivity index (χ4n) is 2.65. The SMILES string of the molecule is COc1cncc(-c2cn(-c3c(F)ccc(NS(=O)(=O)CC(C)C)c3F)nn2)c1. The molecule has 0 spiro atoms. The first-order chi connectivity index (χ1) is 13.7. The molecule has 0 amide bonds. The average Bonchev–Trinajstić information content (AvgIpc) is 3.13. The molecule has 0 fully saturated rings. The number of aromatic nitrogens is 4. The Labute approximate surface area is 166 Å². The molecule has 2 aromatic heterocycles. The molecule has 0 aliphatic rings. The summed E-state index contributed by atoms with van der Waals surface area (Å²) >= 11 is 0. The van der Waals surface area contributed by atoms with Gasteiger partial charge in [0.15, 0.2) is 11.6 Å². The molecule has 3 rings (SSSR count). The first kappa shape index (κ1) is 20.6. The van der Waals surface area contributed by atoms with Crippen LogP contribution in [0, 0.1) is 17.6 Å². The third-order valence-corrected chi connectivity index (χ3v) is 5.49. The molecule has 2 heterocycles. The Morgan fingerprint density at radius 1 is 1.24 bits per heavy atom. The van der Waals surface area contributed by atoms with Crippen molar-refractivity contribution in [2.45, 2.75) is 13.8 Å². The van der Waals surface area contributed by atoms with E-state index < -0.39 is 27.3 Å². The fraction of sp³-hybridized carbons (Fsp3) is 0.278. The van der Waals surface area contributed by atoms with Crippen LogP contribution in [0.5, 0.6) is 5.75 Å². The van der Waals surface area contributed by atoms with E-state index in [1.54, 1.807) is 19.9 Å². The van der Waals surface area contributed by atoms with Crippen molar-refractivity contribution in [2.75, 3.05) is 17.6 Å². The Kier molecular flexibility index (Phi) is 5.78. The van der Waals surface area contributed by atoms with E-state index in [0.29, 0.717) is 17.0 Å². The smallest absolute Gasteiger partial charge is 0.233 e. The molecule has 0 radical (unpaired) electrons. The Hall–Kier alpha value is -3.08. The van der Waals surface area contributed by atoms with Crippen LogP contribution < -0.4 is 9.46 Å². The summed E-state index contributed by atoms with van der Waals surface area (Å²) in [6, 6.07) is 3.63. The lowest BCUT2D eigenvalue weighted by molar-refractivity contribution is 0.413. The summed E-state index contributed by atoms with van der Waals surface area (Å²) in [5.41, 5.74) is -0.0855. The van der Waals surface area contributed by atoms with Gasteiger partial charge in [-0.1, -0.05) is 19.1 Å². The quantitative estimate of drug-likeness (QED) is 0.627. The van der Waals surface area contributed by atoms with Gasteiger partial charge < -0.3 is 4.74 Å². The van der Waals surface area contributed by atoms with Crippen LogP contribution in [-0.2, 0) is 10.0 Å². The highest BCUT2D eigenvalue weighted by atomic mass is 32.2. The lowest BCUT2D eigenvalue weighted by atomic mass is 10.2. The number of pyridine rings is 1. The second-order valence-corrected chi connectivity index (χ2v) is 8.46. The molecule has 0 saturated carbocycles. The van der Waals surface area contributed by atoms with Gasteiger partial charge in [0.2, 0.25) is 10.0 Å². The van der Waals surface area contributed by atoms with Gasteiger partial charge >= 0.3 is 0 Å². The monoisotopic (exact) mass is 423 g/mol. The van der Waals surface area contributed by atoms with Gasteiger partial charge in [-0.05, 0) is 24.1 Å². The summed E-state index contributed by atoms with van der Waals surface area (Å²) in [7, 11) is -2.31. The van der Waals surface area contributed by atoms with Crippen molar-refractivity contribution in [1.29, 1.82) is 0 Å². The lowest BCUT2D eigenvalue weighted by Gasteiger charge is -2.13. The van der Waals surface area contributed by atoms with Crippen LogP contribution in [0.1, 0.15) is 13.8 Å². The number of hydrogen-bond donors (Lipinski definition) is 1. The average molecular weight is 423 g/mol. The number of methoxy groups -OCH3 is 1. The normalized spacial score (nSPS) is 11.7. The summed E-state index contributed by atoms with van der Waals surface area (Å²) < 4.78 is 61.7. The van der Waals surface area contributed by atoms with Crippen molar-refractivity contribution in [3.8, 4) is 22.7 Å². The molecule has 1 N–H and O–H groups in total. The Bertz CT molecular complexity index is 1130. The van der Waals surface area contributed by atoms with Gasteiger partial charge in [0.25, 0.3) is 0 Å². The molecule has 154 valence electrons. The zero-order valence-electron chi connectivity index (χ0n) is 15.9. The predicted octanol–water partition coefficient (Wildman–Crippen LogP) is 3.01. The molecule has 0 saturated heterocycles. The lowest BCUT2D eigenvalue weighted by Crippen LogP contribution is -2.21. The number of anilines is 1. The molecule has 1 aromatic carbocycles. The van der Waals surface area contributed by atoms with Gasteiger partial charge in [-0.25, -0.2) is 21.9 Å². The maximum absolute atomic E-state index is 14.9. The summed E-state index contributed by atoms with van der Waals surface area (Å²) in [6.07, 6.45) is 4.31. The van der Waals surface area contributed by atoms with Crippen molar-refractivity contribution in [3.05, 3.63) is 48.4 Å². The van der Waals surface area contributed by atoms with Crippen LogP contribution in [0.15, 0.2) is 36.8 Å². The molecule has 3 aromatic rings. The van der Waals surface area contributed by atoms with E-state index in [4.69, 9.17) is 4.74 Å². The topological polar surface area (TPSA) is 99.0 Å². The molecule has 0 bridgehead atoms. The molecule has 0 atom stereocenters. The molecule has 0 aliphatic carbocycles. The van der Waals surface area contributed by atoms with Gasteiger partial charge in [-0.2, -0.15) is 0 Å².